The third kappa shape index (κ3) is 2.55. The average molecular weight is 307 g/mol. The van der Waals surface area contributed by atoms with Crippen molar-refractivity contribution < 1.29 is 9.84 Å². The second-order valence-electron chi connectivity index (χ2n) is 6.77. The highest BCUT2D eigenvalue weighted by Crippen LogP contribution is 2.53. The third-order valence-corrected chi connectivity index (χ3v) is 5.12. The van der Waals surface area contributed by atoms with E-state index in [4.69, 9.17) is 16.3 Å². The summed E-state index contributed by atoms with van der Waals surface area (Å²) < 4.78 is 6.26. The zero-order valence-corrected chi connectivity index (χ0v) is 13.7. The smallest absolute Gasteiger partial charge is 0.127 e. The molecule has 0 bridgehead atoms. The molecule has 1 aromatic rings. The maximum Gasteiger partial charge on any atom is 0.127 e. The molecule has 2 aliphatic rings. The van der Waals surface area contributed by atoms with E-state index in [1.807, 2.05) is 6.07 Å². The zero-order chi connectivity index (χ0) is 15.2. The molecule has 0 amide bonds. The van der Waals surface area contributed by atoms with Gasteiger partial charge in [0, 0.05) is 22.4 Å². The Morgan fingerprint density at radius 2 is 2.14 bits per heavy atom. The number of hydrogen-bond acceptors (Lipinski definition) is 2. The van der Waals surface area contributed by atoms with Gasteiger partial charge >= 0.3 is 0 Å². The molecule has 2 atom stereocenters. The Morgan fingerprint density at radius 1 is 1.38 bits per heavy atom. The van der Waals surface area contributed by atoms with Gasteiger partial charge in [-0.2, -0.15) is 0 Å². The molecule has 3 heteroatoms. The summed E-state index contributed by atoms with van der Waals surface area (Å²) in [6.45, 7) is 6.43. The van der Waals surface area contributed by atoms with E-state index in [-0.39, 0.29) is 11.5 Å². The molecule has 1 aromatic carbocycles. The second kappa shape index (κ2) is 5.24. The van der Waals surface area contributed by atoms with E-state index in [0.717, 1.165) is 47.6 Å². The van der Waals surface area contributed by atoms with E-state index >= 15 is 0 Å². The van der Waals surface area contributed by atoms with Crippen molar-refractivity contribution in [2.24, 2.45) is 5.92 Å². The van der Waals surface area contributed by atoms with Crippen LogP contribution in [0.1, 0.15) is 57.1 Å². The summed E-state index contributed by atoms with van der Waals surface area (Å²) in [5, 5.41) is 11.4. The van der Waals surface area contributed by atoms with E-state index < -0.39 is 0 Å². The van der Waals surface area contributed by atoms with Crippen LogP contribution < -0.4 is 4.74 Å². The molecule has 3 rings (SSSR count). The predicted molar refractivity (Wildman–Crippen MR) is 86.2 cm³/mol. The SMILES string of the molecule is CCCc1cc(O)c2c(c1)OC(C)(C)[C@@H]1CCC(Cl)=CC21. The molecule has 0 radical (unpaired) electrons. The summed E-state index contributed by atoms with van der Waals surface area (Å²) in [5.41, 5.74) is 1.81. The van der Waals surface area contributed by atoms with Gasteiger partial charge in [0.2, 0.25) is 0 Å². The highest BCUT2D eigenvalue weighted by atomic mass is 35.5. The minimum atomic E-state index is -0.233. The molecule has 21 heavy (non-hydrogen) atoms. The van der Waals surface area contributed by atoms with Gasteiger partial charge < -0.3 is 9.84 Å². The lowest BCUT2D eigenvalue weighted by molar-refractivity contribution is 0.0112. The lowest BCUT2D eigenvalue weighted by Crippen LogP contribution is -2.45. The Hall–Kier alpha value is -1.15. The van der Waals surface area contributed by atoms with Gasteiger partial charge in [-0.1, -0.05) is 31.0 Å². The first-order valence-corrected chi connectivity index (χ1v) is 8.21. The predicted octanol–water partition coefficient (Wildman–Crippen LogP) is 5.13. The van der Waals surface area contributed by atoms with Crippen LogP contribution in [-0.4, -0.2) is 10.7 Å². The molecule has 1 heterocycles. The lowest BCUT2D eigenvalue weighted by Gasteiger charge is -2.46. The molecule has 0 aromatic heterocycles. The van der Waals surface area contributed by atoms with Crippen molar-refractivity contribution in [2.75, 3.05) is 0 Å². The summed E-state index contributed by atoms with van der Waals surface area (Å²) in [6.07, 6.45) is 6.02. The van der Waals surface area contributed by atoms with Gasteiger partial charge in [0.1, 0.15) is 17.1 Å². The maximum atomic E-state index is 10.5. The largest absolute Gasteiger partial charge is 0.507 e. The van der Waals surface area contributed by atoms with Crippen LogP contribution in [0.15, 0.2) is 23.2 Å². The number of hydrogen-bond donors (Lipinski definition) is 1. The number of benzene rings is 1. The van der Waals surface area contributed by atoms with Gasteiger partial charge in [-0.15, -0.1) is 0 Å². The molecule has 1 aliphatic heterocycles. The van der Waals surface area contributed by atoms with E-state index in [0.29, 0.717) is 11.7 Å². The standard InChI is InChI=1S/C18H23ClO2/c1-4-5-11-8-15(20)17-13-10-12(19)6-7-14(13)18(2,3)21-16(17)9-11/h8-10,13-14,20H,4-7H2,1-3H3/t13?,14-/m1/s1. The van der Waals surface area contributed by atoms with E-state index in [9.17, 15) is 5.11 Å². The number of allylic oxidation sites excluding steroid dienone is 2. The monoisotopic (exact) mass is 306 g/mol. The van der Waals surface area contributed by atoms with Gasteiger partial charge in [-0.25, -0.2) is 0 Å². The van der Waals surface area contributed by atoms with Crippen LogP contribution in [0.5, 0.6) is 11.5 Å². The number of phenols is 1. The number of rotatable bonds is 2. The fourth-order valence-corrected chi connectivity index (χ4v) is 4.06. The molecule has 1 unspecified atom stereocenters. The number of halogens is 1. The topological polar surface area (TPSA) is 29.5 Å². The van der Waals surface area contributed by atoms with E-state index in [1.165, 1.54) is 0 Å². The van der Waals surface area contributed by atoms with Gasteiger partial charge in [0.05, 0.1) is 0 Å². The molecule has 0 spiro atoms. The summed E-state index contributed by atoms with van der Waals surface area (Å²) in [5.74, 6) is 1.69. The molecule has 1 aliphatic carbocycles. The molecular weight excluding hydrogens is 284 g/mol. The zero-order valence-electron chi connectivity index (χ0n) is 12.9. The van der Waals surface area contributed by atoms with Gasteiger partial charge in [0.15, 0.2) is 0 Å². The first kappa shape index (κ1) is 14.8. The third-order valence-electron chi connectivity index (χ3n) is 4.81. The molecule has 1 N–H and O–H groups in total. The summed E-state index contributed by atoms with van der Waals surface area (Å²) >= 11 is 6.27. The highest BCUT2D eigenvalue weighted by molar-refractivity contribution is 6.29. The summed E-state index contributed by atoms with van der Waals surface area (Å²) in [7, 11) is 0. The minimum Gasteiger partial charge on any atom is -0.507 e. The van der Waals surface area contributed by atoms with Crippen molar-refractivity contribution in [3.05, 3.63) is 34.4 Å². The van der Waals surface area contributed by atoms with Crippen LogP contribution in [0.4, 0.5) is 0 Å². The molecule has 0 saturated heterocycles. The first-order chi connectivity index (χ1) is 9.92. The number of aromatic hydroxyl groups is 1. The Bertz CT molecular complexity index is 589. The molecule has 2 nitrogen and oxygen atoms in total. The quantitative estimate of drug-likeness (QED) is 0.820. The first-order valence-electron chi connectivity index (χ1n) is 7.83. The van der Waals surface area contributed by atoms with Crippen molar-refractivity contribution in [3.63, 3.8) is 0 Å². The molecule has 0 saturated carbocycles. The highest BCUT2D eigenvalue weighted by Gasteiger charge is 2.45. The van der Waals surface area contributed by atoms with Gasteiger partial charge in [-0.05, 0) is 50.8 Å². The lowest BCUT2D eigenvalue weighted by atomic mass is 9.69. The number of aryl methyl sites for hydroxylation is 1. The van der Waals surface area contributed by atoms with Crippen LogP contribution in [0.3, 0.4) is 0 Å². The van der Waals surface area contributed by atoms with Crippen LogP contribution in [0.25, 0.3) is 0 Å². The maximum absolute atomic E-state index is 10.5. The van der Waals surface area contributed by atoms with Crippen molar-refractivity contribution in [1.29, 1.82) is 0 Å². The fraction of sp³-hybridized carbons (Fsp3) is 0.556. The van der Waals surface area contributed by atoms with Crippen LogP contribution in [0, 0.1) is 5.92 Å². The van der Waals surface area contributed by atoms with E-state index in [2.05, 4.69) is 32.9 Å². The van der Waals surface area contributed by atoms with Crippen molar-refractivity contribution in [2.45, 2.75) is 58.0 Å². The second-order valence-corrected chi connectivity index (χ2v) is 7.25. The Morgan fingerprint density at radius 3 is 2.86 bits per heavy atom. The van der Waals surface area contributed by atoms with Crippen LogP contribution in [-0.2, 0) is 6.42 Å². The normalized spacial score (nSPS) is 26.4. The summed E-state index contributed by atoms with van der Waals surface area (Å²) in [6, 6.07) is 3.98. The number of phenolic OH excluding ortho intramolecular Hbond substituents is 1. The van der Waals surface area contributed by atoms with Crippen LogP contribution >= 0.6 is 11.6 Å². The van der Waals surface area contributed by atoms with Crippen LogP contribution in [0.2, 0.25) is 0 Å². The number of fused-ring (bicyclic) bond motifs is 3. The molecular formula is C18H23ClO2. The van der Waals surface area contributed by atoms with Crippen molar-refractivity contribution in [3.8, 4) is 11.5 Å². The molecule has 114 valence electrons. The number of ether oxygens (including phenoxy) is 1. The van der Waals surface area contributed by atoms with Crippen molar-refractivity contribution in [1.82, 2.24) is 0 Å². The minimum absolute atomic E-state index is 0.153. The average Bonchev–Trinajstić information content (AvgIpc) is 2.37. The Labute approximate surface area is 131 Å². The van der Waals surface area contributed by atoms with E-state index in [1.54, 1.807) is 0 Å². The summed E-state index contributed by atoms with van der Waals surface area (Å²) in [4.78, 5) is 0. The Kier molecular flexibility index (Phi) is 3.69. The fourth-order valence-electron chi connectivity index (χ4n) is 3.81. The molecule has 0 fully saturated rings. The van der Waals surface area contributed by atoms with Gasteiger partial charge in [-0.3, -0.25) is 0 Å². The van der Waals surface area contributed by atoms with Crippen molar-refractivity contribution >= 4 is 11.6 Å². The Balaban J connectivity index is 2.13. The van der Waals surface area contributed by atoms with Gasteiger partial charge in [0.25, 0.3) is 0 Å².